The van der Waals surface area contributed by atoms with Gasteiger partial charge in [0.25, 0.3) is 5.91 Å². The first kappa shape index (κ1) is 20.3. The predicted molar refractivity (Wildman–Crippen MR) is 101 cm³/mol. The number of benzene rings is 2. The fourth-order valence-corrected chi connectivity index (χ4v) is 2.52. The Morgan fingerprint density at radius 1 is 1.19 bits per heavy atom. The predicted octanol–water partition coefficient (Wildman–Crippen LogP) is 2.25. The van der Waals surface area contributed by atoms with E-state index in [-0.39, 0.29) is 6.61 Å². The highest BCUT2D eigenvalue weighted by molar-refractivity contribution is 6.32. The van der Waals surface area contributed by atoms with Crippen LogP contribution in [0.4, 0.5) is 0 Å². The van der Waals surface area contributed by atoms with E-state index in [0.29, 0.717) is 22.1 Å². The number of hydrogen-bond acceptors (Lipinski definition) is 5. The van der Waals surface area contributed by atoms with Gasteiger partial charge in [-0.3, -0.25) is 4.79 Å². The van der Waals surface area contributed by atoms with Gasteiger partial charge >= 0.3 is 0 Å². The molecule has 0 heterocycles. The molecule has 0 spiro atoms. The Balaban J connectivity index is 2.09. The van der Waals surface area contributed by atoms with Gasteiger partial charge in [0.05, 0.1) is 18.8 Å². The molecule has 0 atom stereocenters. The molecule has 0 unspecified atom stereocenters. The molecule has 6 nitrogen and oxygen atoms in total. The molecule has 7 heteroatoms. The van der Waals surface area contributed by atoms with Crippen LogP contribution in [0.2, 0.25) is 5.02 Å². The van der Waals surface area contributed by atoms with Gasteiger partial charge in [0.2, 0.25) is 0 Å². The molecular formula is C20H19ClNO5-. The quantitative estimate of drug-likeness (QED) is 0.735. The maximum absolute atomic E-state index is 12.1. The minimum absolute atomic E-state index is 0.364. The minimum atomic E-state index is -1.52. The minimum Gasteiger partial charge on any atom is -0.543 e. The third kappa shape index (κ3) is 5.49. The van der Waals surface area contributed by atoms with Crippen LogP contribution in [0.5, 0.6) is 11.5 Å². The van der Waals surface area contributed by atoms with Crippen molar-refractivity contribution in [1.82, 2.24) is 5.32 Å². The third-order valence-corrected chi connectivity index (χ3v) is 4.31. The summed E-state index contributed by atoms with van der Waals surface area (Å²) in [7, 11) is 1.47. The summed E-state index contributed by atoms with van der Waals surface area (Å²) in [6, 6.07) is 10.2. The second kappa shape index (κ2) is 9.09. The number of methoxy groups -OCH3 is 1. The van der Waals surface area contributed by atoms with Gasteiger partial charge in [0.15, 0.2) is 6.61 Å². The Kier molecular flexibility index (Phi) is 6.85. The van der Waals surface area contributed by atoms with Gasteiger partial charge in [-0.05, 0) is 49.2 Å². The number of hydrogen-bond donors (Lipinski definition) is 1. The van der Waals surface area contributed by atoms with Gasteiger partial charge in [-0.2, -0.15) is 0 Å². The number of ether oxygens (including phenoxy) is 2. The Hall–Kier alpha value is -2.99. The lowest BCUT2D eigenvalue weighted by atomic mass is 10.1. The van der Waals surface area contributed by atoms with E-state index >= 15 is 0 Å². The normalized spacial score (nSPS) is 11.0. The van der Waals surface area contributed by atoms with Gasteiger partial charge in [-0.25, -0.2) is 0 Å². The summed E-state index contributed by atoms with van der Waals surface area (Å²) >= 11 is 6.09. The number of amides is 1. The highest BCUT2D eigenvalue weighted by Gasteiger charge is 2.10. The van der Waals surface area contributed by atoms with Crippen molar-refractivity contribution >= 4 is 29.6 Å². The summed E-state index contributed by atoms with van der Waals surface area (Å²) in [6.45, 7) is 3.29. The fourth-order valence-electron chi connectivity index (χ4n) is 2.41. The first-order valence-corrected chi connectivity index (χ1v) is 8.45. The zero-order valence-corrected chi connectivity index (χ0v) is 15.9. The molecule has 27 heavy (non-hydrogen) atoms. The average Bonchev–Trinajstić information content (AvgIpc) is 2.64. The van der Waals surface area contributed by atoms with Crippen molar-refractivity contribution in [3.8, 4) is 11.5 Å². The number of carbonyl (C=O) groups is 2. The molecule has 2 aromatic rings. The van der Waals surface area contributed by atoms with E-state index in [1.807, 2.05) is 13.8 Å². The van der Waals surface area contributed by atoms with Gasteiger partial charge in [-0.1, -0.05) is 29.8 Å². The third-order valence-electron chi connectivity index (χ3n) is 3.71. The van der Waals surface area contributed by atoms with Crippen LogP contribution in [0.15, 0.2) is 42.1 Å². The van der Waals surface area contributed by atoms with Gasteiger partial charge in [0.1, 0.15) is 11.5 Å². The number of rotatable bonds is 7. The molecule has 2 aromatic carbocycles. The lowest BCUT2D eigenvalue weighted by Crippen LogP contribution is -2.37. The second-order valence-corrected chi connectivity index (χ2v) is 6.17. The Bertz CT molecular complexity index is 869. The molecule has 0 bridgehead atoms. The zero-order chi connectivity index (χ0) is 20.0. The van der Waals surface area contributed by atoms with Crippen LogP contribution in [-0.2, 0) is 9.59 Å². The molecule has 0 saturated heterocycles. The van der Waals surface area contributed by atoms with E-state index in [2.05, 4.69) is 5.32 Å². The number of nitrogens with one attached hydrogen (secondary N) is 1. The summed E-state index contributed by atoms with van der Waals surface area (Å²) in [5.41, 5.74) is 1.73. The van der Waals surface area contributed by atoms with Crippen molar-refractivity contribution in [2.75, 3.05) is 13.7 Å². The summed E-state index contributed by atoms with van der Waals surface area (Å²) in [5, 5.41) is 14.3. The number of halogens is 1. The fraction of sp³-hybridized carbons (Fsp3) is 0.200. The van der Waals surface area contributed by atoms with E-state index in [0.717, 1.165) is 11.1 Å². The Morgan fingerprint density at radius 3 is 2.41 bits per heavy atom. The van der Waals surface area contributed by atoms with Crippen molar-refractivity contribution in [1.29, 1.82) is 0 Å². The summed E-state index contributed by atoms with van der Waals surface area (Å²) in [6.07, 6.45) is 1.27. The van der Waals surface area contributed by atoms with Crippen LogP contribution in [0.25, 0.3) is 6.08 Å². The van der Waals surface area contributed by atoms with Crippen molar-refractivity contribution in [2.45, 2.75) is 13.8 Å². The zero-order valence-electron chi connectivity index (χ0n) is 15.2. The van der Waals surface area contributed by atoms with Crippen LogP contribution in [0.1, 0.15) is 16.7 Å². The SMILES string of the molecule is COc1ccccc1/C=C(/NC(=O)COc1cc(C)c(Cl)c(C)c1)C(=O)[O-]. The standard InChI is InChI=1S/C20H20ClNO5/c1-12-8-15(9-13(2)19(12)21)27-11-18(23)22-16(20(24)25)10-14-6-4-5-7-17(14)26-3/h4-10H,11H2,1-3H3,(H,22,23)(H,24,25)/p-1/b16-10+. The summed E-state index contributed by atoms with van der Waals surface area (Å²) in [4.78, 5) is 23.4. The molecule has 0 aliphatic rings. The maximum atomic E-state index is 12.1. The van der Waals surface area contributed by atoms with E-state index < -0.39 is 17.6 Å². The molecule has 0 aromatic heterocycles. The number of aryl methyl sites for hydroxylation is 2. The van der Waals surface area contributed by atoms with E-state index in [1.165, 1.54) is 13.2 Å². The van der Waals surface area contributed by atoms with Crippen LogP contribution in [0, 0.1) is 13.8 Å². The van der Waals surface area contributed by atoms with Crippen LogP contribution >= 0.6 is 11.6 Å². The molecule has 2 rings (SSSR count). The lowest BCUT2D eigenvalue weighted by Gasteiger charge is -2.13. The largest absolute Gasteiger partial charge is 0.543 e. The molecule has 1 N–H and O–H groups in total. The van der Waals surface area contributed by atoms with Crippen LogP contribution in [-0.4, -0.2) is 25.6 Å². The molecule has 0 saturated carbocycles. The Morgan fingerprint density at radius 2 is 1.81 bits per heavy atom. The van der Waals surface area contributed by atoms with Crippen LogP contribution in [0.3, 0.4) is 0 Å². The number of carbonyl (C=O) groups excluding carboxylic acids is 2. The number of aliphatic carboxylic acids is 1. The first-order chi connectivity index (χ1) is 12.8. The number of para-hydroxylation sites is 1. The van der Waals surface area contributed by atoms with Gasteiger partial charge < -0.3 is 24.7 Å². The summed E-state index contributed by atoms with van der Waals surface area (Å²) < 4.78 is 10.6. The molecule has 142 valence electrons. The maximum Gasteiger partial charge on any atom is 0.262 e. The molecule has 1 amide bonds. The Labute approximate surface area is 162 Å². The molecule has 0 radical (unpaired) electrons. The molecule has 0 fully saturated rings. The average molecular weight is 389 g/mol. The van der Waals surface area contributed by atoms with Crippen LogP contribution < -0.4 is 19.9 Å². The van der Waals surface area contributed by atoms with Gasteiger partial charge in [-0.15, -0.1) is 0 Å². The molecule has 0 aliphatic heterocycles. The van der Waals surface area contributed by atoms with Crippen molar-refractivity contribution in [3.63, 3.8) is 0 Å². The van der Waals surface area contributed by atoms with E-state index in [1.54, 1.807) is 36.4 Å². The van der Waals surface area contributed by atoms with E-state index in [4.69, 9.17) is 21.1 Å². The monoisotopic (exact) mass is 388 g/mol. The van der Waals surface area contributed by atoms with E-state index in [9.17, 15) is 14.7 Å². The van der Waals surface area contributed by atoms with Gasteiger partial charge in [0, 0.05) is 10.6 Å². The number of carboxylic acids is 1. The van der Waals surface area contributed by atoms with Crippen molar-refractivity contribution < 1.29 is 24.2 Å². The van der Waals surface area contributed by atoms with Crippen molar-refractivity contribution in [2.24, 2.45) is 0 Å². The molecular weight excluding hydrogens is 370 g/mol. The topological polar surface area (TPSA) is 87.7 Å². The first-order valence-electron chi connectivity index (χ1n) is 8.07. The molecule has 0 aliphatic carbocycles. The summed E-state index contributed by atoms with van der Waals surface area (Å²) in [5.74, 6) is -1.22. The smallest absolute Gasteiger partial charge is 0.262 e. The number of carboxylic acid groups (broad SMARTS) is 1. The van der Waals surface area contributed by atoms with Crippen molar-refractivity contribution in [3.05, 3.63) is 63.8 Å². The second-order valence-electron chi connectivity index (χ2n) is 5.80. The highest BCUT2D eigenvalue weighted by Crippen LogP contribution is 2.25. The highest BCUT2D eigenvalue weighted by atomic mass is 35.5. The lowest BCUT2D eigenvalue weighted by molar-refractivity contribution is -0.299.